The molecule has 0 spiro atoms. The lowest BCUT2D eigenvalue weighted by atomic mass is 10.1. The zero-order valence-electron chi connectivity index (χ0n) is 10.4. The van der Waals surface area contributed by atoms with Crippen molar-refractivity contribution in [2.75, 3.05) is 26.3 Å². The summed E-state index contributed by atoms with van der Waals surface area (Å²) in [6, 6.07) is -0.327. The molecule has 0 radical (unpaired) electrons. The van der Waals surface area contributed by atoms with Gasteiger partial charge in [-0.15, -0.1) is 0 Å². The molecule has 4 nitrogen and oxygen atoms in total. The number of likely N-dealkylation sites (N-methyl/N-ethyl adjacent to an activating group) is 1. The van der Waals surface area contributed by atoms with Crippen molar-refractivity contribution in [1.29, 1.82) is 0 Å². The van der Waals surface area contributed by atoms with Crippen molar-refractivity contribution in [3.05, 3.63) is 0 Å². The maximum Gasteiger partial charge on any atom is 0.239 e. The molecule has 16 heavy (non-hydrogen) atoms. The van der Waals surface area contributed by atoms with Crippen LogP contribution in [0.15, 0.2) is 0 Å². The maximum atomic E-state index is 12.0. The average Bonchev–Trinajstić information content (AvgIpc) is 2.78. The van der Waals surface area contributed by atoms with Gasteiger partial charge in [0.2, 0.25) is 5.91 Å². The van der Waals surface area contributed by atoms with Crippen LogP contribution >= 0.6 is 0 Å². The van der Waals surface area contributed by atoms with Crippen molar-refractivity contribution in [3.63, 3.8) is 0 Å². The molecule has 0 aromatic heterocycles. The van der Waals surface area contributed by atoms with E-state index in [2.05, 4.69) is 0 Å². The van der Waals surface area contributed by atoms with Crippen LogP contribution < -0.4 is 5.73 Å². The molecule has 1 heterocycles. The smallest absolute Gasteiger partial charge is 0.239 e. The maximum absolute atomic E-state index is 12.0. The van der Waals surface area contributed by atoms with Gasteiger partial charge in [-0.05, 0) is 19.8 Å². The molecule has 1 amide bonds. The highest BCUT2D eigenvalue weighted by atomic mass is 16.5. The van der Waals surface area contributed by atoms with Crippen LogP contribution in [0, 0.1) is 5.92 Å². The van der Waals surface area contributed by atoms with Crippen LogP contribution in [0.4, 0.5) is 0 Å². The first-order chi connectivity index (χ1) is 7.69. The fourth-order valence-corrected chi connectivity index (χ4v) is 2.08. The second kappa shape index (κ2) is 6.86. The van der Waals surface area contributed by atoms with E-state index in [-0.39, 0.29) is 11.9 Å². The molecule has 4 heteroatoms. The second-order valence-corrected chi connectivity index (χ2v) is 4.50. The van der Waals surface area contributed by atoms with Crippen LogP contribution in [0.5, 0.6) is 0 Å². The van der Waals surface area contributed by atoms with Crippen molar-refractivity contribution in [3.8, 4) is 0 Å². The number of hydrogen-bond acceptors (Lipinski definition) is 3. The van der Waals surface area contributed by atoms with Crippen molar-refractivity contribution < 1.29 is 9.53 Å². The van der Waals surface area contributed by atoms with E-state index in [4.69, 9.17) is 10.5 Å². The fourth-order valence-electron chi connectivity index (χ4n) is 2.08. The minimum atomic E-state index is -0.327. The van der Waals surface area contributed by atoms with Crippen molar-refractivity contribution in [1.82, 2.24) is 4.90 Å². The average molecular weight is 228 g/mol. The number of hydrogen-bond donors (Lipinski definition) is 1. The number of nitrogens with zero attached hydrogens (tertiary/aromatic N) is 1. The molecule has 94 valence electrons. The third-order valence-electron chi connectivity index (χ3n) is 3.11. The fraction of sp³-hybridized carbons (Fsp3) is 0.917. The Morgan fingerprint density at radius 2 is 2.31 bits per heavy atom. The predicted molar refractivity (Wildman–Crippen MR) is 64.1 cm³/mol. The Morgan fingerprint density at radius 3 is 2.81 bits per heavy atom. The van der Waals surface area contributed by atoms with Gasteiger partial charge in [-0.3, -0.25) is 4.79 Å². The molecule has 1 unspecified atom stereocenters. The summed E-state index contributed by atoms with van der Waals surface area (Å²) in [5, 5.41) is 0. The number of carbonyl (C=O) groups excluding carboxylic acids is 1. The highest BCUT2D eigenvalue weighted by Gasteiger charge is 2.24. The predicted octanol–water partition coefficient (Wildman–Crippen LogP) is 0.999. The van der Waals surface area contributed by atoms with Crippen molar-refractivity contribution in [2.24, 2.45) is 11.7 Å². The van der Waals surface area contributed by atoms with Gasteiger partial charge in [0.05, 0.1) is 12.6 Å². The highest BCUT2D eigenvalue weighted by molar-refractivity contribution is 5.81. The molecule has 1 rings (SSSR count). The number of carbonyl (C=O) groups is 1. The minimum Gasteiger partial charge on any atom is -0.381 e. The Balaban J connectivity index is 2.42. The van der Waals surface area contributed by atoms with Gasteiger partial charge in [-0.2, -0.15) is 0 Å². The largest absolute Gasteiger partial charge is 0.381 e. The van der Waals surface area contributed by atoms with E-state index in [1.807, 2.05) is 18.7 Å². The molecule has 0 bridgehead atoms. The molecular weight excluding hydrogens is 204 g/mol. The summed E-state index contributed by atoms with van der Waals surface area (Å²) >= 11 is 0. The first kappa shape index (κ1) is 13.5. The number of amides is 1. The van der Waals surface area contributed by atoms with E-state index in [9.17, 15) is 4.79 Å². The first-order valence-corrected chi connectivity index (χ1v) is 6.31. The topological polar surface area (TPSA) is 55.6 Å². The summed E-state index contributed by atoms with van der Waals surface area (Å²) in [6.45, 7) is 7.21. The van der Waals surface area contributed by atoms with Gasteiger partial charge in [0, 0.05) is 25.6 Å². The molecule has 0 aromatic rings. The molecule has 1 saturated heterocycles. The molecular formula is C12H24N2O2. The number of ether oxygens (including phenoxy) is 1. The van der Waals surface area contributed by atoms with Crippen LogP contribution in [-0.4, -0.2) is 43.2 Å². The zero-order chi connectivity index (χ0) is 12.0. The summed E-state index contributed by atoms with van der Waals surface area (Å²) in [5.41, 5.74) is 5.86. The van der Waals surface area contributed by atoms with E-state index in [0.717, 1.165) is 45.6 Å². The molecule has 1 aliphatic rings. The van der Waals surface area contributed by atoms with E-state index in [1.165, 1.54) is 0 Å². The Kier molecular flexibility index (Phi) is 5.77. The third-order valence-corrected chi connectivity index (χ3v) is 3.11. The Hall–Kier alpha value is -0.610. The lowest BCUT2D eigenvalue weighted by Crippen LogP contribution is -2.45. The van der Waals surface area contributed by atoms with Crippen LogP contribution in [0.2, 0.25) is 0 Å². The molecule has 2 atom stereocenters. The standard InChI is InChI=1S/C12H24N2O2/c1-3-5-11(13)12(15)14(4-2)8-10-6-7-16-9-10/h10-11H,3-9,13H2,1-2H3/t10?,11-/m1/s1. The normalized spacial score (nSPS) is 22.1. The van der Waals surface area contributed by atoms with Gasteiger partial charge < -0.3 is 15.4 Å². The Labute approximate surface area is 98.1 Å². The van der Waals surface area contributed by atoms with E-state index in [1.54, 1.807) is 0 Å². The Bertz CT molecular complexity index is 215. The molecule has 0 aromatic carbocycles. The number of nitrogens with two attached hydrogens (primary N) is 1. The SMILES string of the molecule is CCC[C@@H](N)C(=O)N(CC)CC1CCOC1. The minimum absolute atomic E-state index is 0.0938. The zero-order valence-corrected chi connectivity index (χ0v) is 10.4. The summed E-state index contributed by atoms with van der Waals surface area (Å²) in [7, 11) is 0. The lowest BCUT2D eigenvalue weighted by molar-refractivity contribution is -0.133. The van der Waals surface area contributed by atoms with Crippen LogP contribution in [0.1, 0.15) is 33.1 Å². The van der Waals surface area contributed by atoms with Crippen LogP contribution in [-0.2, 0) is 9.53 Å². The molecule has 1 aliphatic heterocycles. The molecule has 0 aliphatic carbocycles. The van der Waals surface area contributed by atoms with E-state index >= 15 is 0 Å². The van der Waals surface area contributed by atoms with E-state index in [0.29, 0.717) is 5.92 Å². The quantitative estimate of drug-likeness (QED) is 0.738. The van der Waals surface area contributed by atoms with Crippen molar-refractivity contribution >= 4 is 5.91 Å². The summed E-state index contributed by atoms with van der Waals surface area (Å²) in [5.74, 6) is 0.592. The molecule has 2 N–H and O–H groups in total. The first-order valence-electron chi connectivity index (χ1n) is 6.31. The highest BCUT2D eigenvalue weighted by Crippen LogP contribution is 2.14. The lowest BCUT2D eigenvalue weighted by Gasteiger charge is -2.26. The molecule has 0 saturated carbocycles. The molecule has 1 fully saturated rings. The Morgan fingerprint density at radius 1 is 1.56 bits per heavy atom. The summed E-state index contributed by atoms with van der Waals surface area (Å²) in [4.78, 5) is 13.9. The van der Waals surface area contributed by atoms with E-state index < -0.39 is 0 Å². The third kappa shape index (κ3) is 3.76. The van der Waals surface area contributed by atoms with Gasteiger partial charge >= 0.3 is 0 Å². The monoisotopic (exact) mass is 228 g/mol. The van der Waals surface area contributed by atoms with Crippen molar-refractivity contribution in [2.45, 2.75) is 39.2 Å². The second-order valence-electron chi connectivity index (χ2n) is 4.50. The van der Waals surface area contributed by atoms with Gasteiger partial charge in [0.15, 0.2) is 0 Å². The van der Waals surface area contributed by atoms with Gasteiger partial charge in [0.1, 0.15) is 0 Å². The van der Waals surface area contributed by atoms with Crippen LogP contribution in [0.3, 0.4) is 0 Å². The van der Waals surface area contributed by atoms with Gasteiger partial charge in [-0.1, -0.05) is 13.3 Å². The summed E-state index contributed by atoms with van der Waals surface area (Å²) in [6.07, 6.45) is 2.79. The summed E-state index contributed by atoms with van der Waals surface area (Å²) < 4.78 is 5.32. The van der Waals surface area contributed by atoms with Gasteiger partial charge in [0.25, 0.3) is 0 Å². The van der Waals surface area contributed by atoms with Gasteiger partial charge in [-0.25, -0.2) is 0 Å². The number of rotatable bonds is 6. The van der Waals surface area contributed by atoms with Crippen LogP contribution in [0.25, 0.3) is 0 Å².